The van der Waals surface area contributed by atoms with Crippen LogP contribution in [0.3, 0.4) is 0 Å². The van der Waals surface area contributed by atoms with Gasteiger partial charge in [-0.2, -0.15) is 0 Å². The zero-order chi connectivity index (χ0) is 17.3. The highest BCUT2D eigenvalue weighted by molar-refractivity contribution is 7.89. The van der Waals surface area contributed by atoms with Crippen LogP contribution in [-0.4, -0.2) is 20.4 Å². The molecular weight excluding hydrogens is 324 g/mol. The van der Waals surface area contributed by atoms with E-state index in [2.05, 4.69) is 10.0 Å². The molecule has 0 radical (unpaired) electrons. The molecule has 0 unspecified atom stereocenters. The Kier molecular flexibility index (Phi) is 4.78. The second-order valence-electron chi connectivity index (χ2n) is 6.85. The number of anilines is 1. The van der Waals surface area contributed by atoms with Crippen molar-refractivity contribution in [3.05, 3.63) is 29.3 Å². The van der Waals surface area contributed by atoms with Gasteiger partial charge in [0.2, 0.25) is 10.0 Å². The molecule has 130 valence electrons. The molecule has 5 nitrogen and oxygen atoms in total. The van der Waals surface area contributed by atoms with Crippen molar-refractivity contribution in [3.63, 3.8) is 0 Å². The highest BCUT2D eigenvalue weighted by Gasteiger charge is 2.28. The molecule has 0 saturated heterocycles. The van der Waals surface area contributed by atoms with E-state index in [1.165, 1.54) is 12.8 Å². The van der Waals surface area contributed by atoms with Crippen LogP contribution in [0.25, 0.3) is 5.57 Å². The van der Waals surface area contributed by atoms with E-state index in [0.29, 0.717) is 16.8 Å². The molecule has 1 fully saturated rings. The molecule has 1 saturated carbocycles. The van der Waals surface area contributed by atoms with E-state index < -0.39 is 10.0 Å². The summed E-state index contributed by atoms with van der Waals surface area (Å²) in [5.41, 5.74) is 2.78. The molecule has 0 aromatic heterocycles. The fraction of sp³-hybridized carbons (Fsp3) is 0.500. The molecular formula is C18H24N2O3S. The maximum absolute atomic E-state index is 12.7. The van der Waals surface area contributed by atoms with Crippen LogP contribution in [0.1, 0.15) is 57.9 Å². The SMILES string of the molecule is CC(C)=C1C(=O)Nc2ccc(S(=O)(=O)NC3CCCCCC3)cc21. The van der Waals surface area contributed by atoms with Crippen molar-refractivity contribution in [2.45, 2.75) is 63.3 Å². The highest BCUT2D eigenvalue weighted by Crippen LogP contribution is 2.35. The molecule has 0 spiro atoms. The third-order valence-electron chi connectivity index (χ3n) is 4.72. The number of benzene rings is 1. The predicted octanol–water partition coefficient (Wildman–Crippen LogP) is 3.43. The van der Waals surface area contributed by atoms with Crippen LogP contribution in [0.2, 0.25) is 0 Å². The van der Waals surface area contributed by atoms with Crippen molar-refractivity contribution < 1.29 is 13.2 Å². The van der Waals surface area contributed by atoms with E-state index in [0.717, 1.165) is 31.3 Å². The third kappa shape index (κ3) is 3.39. The first kappa shape index (κ1) is 17.2. The number of allylic oxidation sites excluding steroid dienone is 1. The van der Waals surface area contributed by atoms with Gasteiger partial charge in [-0.25, -0.2) is 13.1 Å². The first-order valence-corrected chi connectivity index (χ1v) is 10.0. The first-order valence-electron chi connectivity index (χ1n) is 8.54. The van der Waals surface area contributed by atoms with Gasteiger partial charge in [0.25, 0.3) is 5.91 Å². The van der Waals surface area contributed by atoms with Crippen LogP contribution in [0.15, 0.2) is 28.7 Å². The lowest BCUT2D eigenvalue weighted by Gasteiger charge is -2.16. The average Bonchev–Trinajstić information content (AvgIpc) is 2.66. The monoisotopic (exact) mass is 348 g/mol. The number of amides is 1. The number of fused-ring (bicyclic) bond motifs is 1. The minimum absolute atomic E-state index is 0.00781. The van der Waals surface area contributed by atoms with Crippen molar-refractivity contribution in [1.29, 1.82) is 0 Å². The summed E-state index contributed by atoms with van der Waals surface area (Å²) in [6.45, 7) is 3.71. The van der Waals surface area contributed by atoms with E-state index in [1.807, 2.05) is 13.8 Å². The van der Waals surface area contributed by atoms with Crippen LogP contribution < -0.4 is 10.0 Å². The summed E-state index contributed by atoms with van der Waals surface area (Å²) in [4.78, 5) is 12.3. The molecule has 0 atom stereocenters. The number of nitrogens with one attached hydrogen (secondary N) is 2. The highest BCUT2D eigenvalue weighted by atomic mass is 32.2. The molecule has 1 heterocycles. The summed E-state index contributed by atoms with van der Waals surface area (Å²) in [6.07, 6.45) is 6.27. The van der Waals surface area contributed by atoms with Crippen molar-refractivity contribution in [2.75, 3.05) is 5.32 Å². The first-order chi connectivity index (χ1) is 11.4. The van der Waals surface area contributed by atoms with Crippen LogP contribution >= 0.6 is 0 Å². The summed E-state index contributed by atoms with van der Waals surface area (Å²) in [5.74, 6) is -0.170. The molecule has 0 bridgehead atoms. The summed E-state index contributed by atoms with van der Waals surface area (Å²) in [7, 11) is -3.58. The lowest BCUT2D eigenvalue weighted by Crippen LogP contribution is -2.34. The summed E-state index contributed by atoms with van der Waals surface area (Å²) >= 11 is 0. The summed E-state index contributed by atoms with van der Waals surface area (Å²) in [5, 5.41) is 2.79. The Morgan fingerprint density at radius 3 is 2.42 bits per heavy atom. The van der Waals surface area contributed by atoms with Gasteiger partial charge < -0.3 is 5.32 Å². The molecule has 1 aromatic rings. The van der Waals surface area contributed by atoms with Gasteiger partial charge >= 0.3 is 0 Å². The van der Waals surface area contributed by atoms with E-state index in [9.17, 15) is 13.2 Å². The van der Waals surface area contributed by atoms with Crippen LogP contribution in [-0.2, 0) is 14.8 Å². The Morgan fingerprint density at radius 1 is 1.12 bits per heavy atom. The molecule has 24 heavy (non-hydrogen) atoms. The van der Waals surface area contributed by atoms with Gasteiger partial charge in [-0.1, -0.05) is 31.3 Å². The Hall–Kier alpha value is -1.66. The number of hydrogen-bond acceptors (Lipinski definition) is 3. The number of carbonyl (C=O) groups is 1. The quantitative estimate of drug-likeness (QED) is 0.649. The molecule has 1 aliphatic heterocycles. The lowest BCUT2D eigenvalue weighted by atomic mass is 10.0. The standard InChI is InChI=1S/C18H24N2O3S/c1-12(2)17-15-11-14(9-10-16(15)19-18(17)21)24(22,23)20-13-7-5-3-4-6-8-13/h9-11,13,20H,3-8H2,1-2H3,(H,19,21). The molecule has 6 heteroatoms. The summed E-state index contributed by atoms with van der Waals surface area (Å²) < 4.78 is 28.3. The Morgan fingerprint density at radius 2 is 1.79 bits per heavy atom. The van der Waals surface area contributed by atoms with Crippen molar-refractivity contribution in [2.24, 2.45) is 0 Å². The zero-order valence-corrected chi connectivity index (χ0v) is 15.0. The number of rotatable bonds is 3. The predicted molar refractivity (Wildman–Crippen MR) is 95.2 cm³/mol. The van der Waals surface area contributed by atoms with E-state index in [4.69, 9.17) is 0 Å². The zero-order valence-electron chi connectivity index (χ0n) is 14.2. The summed E-state index contributed by atoms with van der Waals surface area (Å²) in [6, 6.07) is 4.85. The van der Waals surface area contributed by atoms with E-state index in [-0.39, 0.29) is 16.8 Å². The second kappa shape index (κ2) is 6.69. The average molecular weight is 348 g/mol. The Bertz CT molecular complexity index is 784. The van der Waals surface area contributed by atoms with Gasteiger partial charge in [0.05, 0.1) is 4.90 Å². The molecule has 2 aliphatic rings. The van der Waals surface area contributed by atoms with Gasteiger partial charge in [0, 0.05) is 22.9 Å². The van der Waals surface area contributed by atoms with Gasteiger partial charge in [-0.3, -0.25) is 4.79 Å². The maximum Gasteiger partial charge on any atom is 0.256 e. The topological polar surface area (TPSA) is 75.3 Å². The number of sulfonamides is 1. The molecule has 1 aromatic carbocycles. The van der Waals surface area contributed by atoms with E-state index >= 15 is 0 Å². The smallest absolute Gasteiger partial charge is 0.256 e. The third-order valence-corrected chi connectivity index (χ3v) is 6.24. The molecule has 1 amide bonds. The fourth-order valence-electron chi connectivity index (χ4n) is 3.49. The van der Waals surface area contributed by atoms with Crippen LogP contribution in [0.5, 0.6) is 0 Å². The number of carbonyl (C=O) groups excluding carboxylic acids is 1. The minimum Gasteiger partial charge on any atom is -0.321 e. The minimum atomic E-state index is -3.58. The number of hydrogen-bond donors (Lipinski definition) is 2. The Labute approximate surface area is 143 Å². The van der Waals surface area contributed by atoms with Crippen LogP contribution in [0, 0.1) is 0 Å². The van der Waals surface area contributed by atoms with Crippen molar-refractivity contribution in [1.82, 2.24) is 4.72 Å². The maximum atomic E-state index is 12.7. The van der Waals surface area contributed by atoms with Gasteiger partial charge in [-0.15, -0.1) is 0 Å². The van der Waals surface area contributed by atoms with Gasteiger partial charge in [0.15, 0.2) is 0 Å². The molecule has 1 aliphatic carbocycles. The molecule has 2 N–H and O–H groups in total. The van der Waals surface area contributed by atoms with Gasteiger partial charge in [0.1, 0.15) is 0 Å². The van der Waals surface area contributed by atoms with Crippen LogP contribution in [0.4, 0.5) is 5.69 Å². The largest absolute Gasteiger partial charge is 0.321 e. The lowest BCUT2D eigenvalue weighted by molar-refractivity contribution is -0.110. The van der Waals surface area contributed by atoms with E-state index in [1.54, 1.807) is 18.2 Å². The normalized spacial score (nSPS) is 18.9. The van der Waals surface area contributed by atoms with Crippen molar-refractivity contribution >= 4 is 27.2 Å². The van der Waals surface area contributed by atoms with Crippen molar-refractivity contribution in [3.8, 4) is 0 Å². The molecule has 3 rings (SSSR count). The fourth-order valence-corrected chi connectivity index (χ4v) is 4.83. The van der Waals surface area contributed by atoms with Gasteiger partial charge in [-0.05, 0) is 44.9 Å². The Balaban J connectivity index is 1.90. The second-order valence-corrected chi connectivity index (χ2v) is 8.56.